The zero-order valence-corrected chi connectivity index (χ0v) is 7.53. The molecule has 0 radical (unpaired) electrons. The van der Waals surface area contributed by atoms with Crippen LogP contribution in [0.3, 0.4) is 0 Å². The number of carbonyl (C=O) groups is 1. The van der Waals surface area contributed by atoms with Gasteiger partial charge >= 0.3 is 5.97 Å². The van der Waals surface area contributed by atoms with E-state index in [1.165, 1.54) is 0 Å². The Hall–Kier alpha value is -0.610. The Labute approximate surface area is 71.5 Å². The molecule has 4 nitrogen and oxygen atoms in total. The van der Waals surface area contributed by atoms with Crippen LogP contribution in [0.2, 0.25) is 0 Å². The Kier molecular flexibility index (Phi) is 2.39. The normalized spacial score (nSPS) is 33.6. The fourth-order valence-electron chi connectivity index (χ4n) is 1.36. The quantitative estimate of drug-likeness (QED) is 0.678. The molecule has 0 aromatic carbocycles. The van der Waals surface area contributed by atoms with Crippen LogP contribution < -0.4 is 0 Å². The molecule has 1 heterocycles. The number of carboxylic acid groups (broad SMARTS) is 1. The fourth-order valence-corrected chi connectivity index (χ4v) is 1.36. The topological polar surface area (TPSA) is 55.8 Å². The van der Waals surface area contributed by atoms with E-state index in [9.17, 15) is 4.79 Å². The van der Waals surface area contributed by atoms with Gasteiger partial charge in [-0.15, -0.1) is 0 Å². The van der Waals surface area contributed by atoms with Gasteiger partial charge in [0.1, 0.15) is 0 Å². The number of aliphatic carboxylic acids is 1. The van der Waals surface area contributed by atoms with Gasteiger partial charge in [0.05, 0.1) is 18.6 Å². The smallest absolute Gasteiger partial charge is 0.308 e. The molecule has 12 heavy (non-hydrogen) atoms. The maximum Gasteiger partial charge on any atom is 0.308 e. The third-order valence-corrected chi connectivity index (χ3v) is 2.00. The highest BCUT2D eigenvalue weighted by atomic mass is 16.8. The summed E-state index contributed by atoms with van der Waals surface area (Å²) in [4.78, 5) is 10.4. The third-order valence-electron chi connectivity index (χ3n) is 2.00. The molecule has 0 amide bonds. The van der Waals surface area contributed by atoms with E-state index >= 15 is 0 Å². The molecule has 0 spiro atoms. The third kappa shape index (κ3) is 1.95. The van der Waals surface area contributed by atoms with Crippen molar-refractivity contribution in [3.8, 4) is 0 Å². The monoisotopic (exact) mass is 174 g/mol. The second-order valence-corrected chi connectivity index (χ2v) is 3.35. The summed E-state index contributed by atoms with van der Waals surface area (Å²) in [6.07, 6.45) is -0.175. The van der Waals surface area contributed by atoms with Crippen molar-refractivity contribution in [1.29, 1.82) is 0 Å². The van der Waals surface area contributed by atoms with Gasteiger partial charge in [0, 0.05) is 0 Å². The van der Waals surface area contributed by atoms with Crippen LogP contribution in [0.4, 0.5) is 0 Å². The number of rotatable bonds is 2. The van der Waals surface area contributed by atoms with Gasteiger partial charge in [-0.25, -0.2) is 0 Å². The van der Waals surface area contributed by atoms with Gasteiger partial charge in [-0.2, -0.15) is 0 Å². The highest BCUT2D eigenvalue weighted by Crippen LogP contribution is 2.30. The standard InChI is InChI=1S/C8H14O4/c1-5-6(2)12-8(3,11-5)4-7(9)10/h5-6H,4H2,1-3H3,(H,9,10)/t5-,6-/m1/s1. The molecular formula is C8H14O4. The molecule has 1 N–H and O–H groups in total. The zero-order chi connectivity index (χ0) is 9.35. The van der Waals surface area contributed by atoms with Crippen molar-refractivity contribution in [2.75, 3.05) is 0 Å². The molecule has 1 fully saturated rings. The van der Waals surface area contributed by atoms with E-state index in [1.807, 2.05) is 13.8 Å². The molecule has 1 aliphatic rings. The van der Waals surface area contributed by atoms with Crippen LogP contribution in [-0.4, -0.2) is 29.1 Å². The van der Waals surface area contributed by atoms with Crippen molar-refractivity contribution in [2.24, 2.45) is 0 Å². The van der Waals surface area contributed by atoms with Crippen LogP contribution in [0, 0.1) is 0 Å². The maximum atomic E-state index is 10.4. The predicted octanol–water partition coefficient (Wildman–Crippen LogP) is 1.00. The first-order valence-corrected chi connectivity index (χ1v) is 4.00. The molecule has 1 rings (SSSR count). The molecule has 0 aliphatic carbocycles. The Morgan fingerprint density at radius 3 is 2.17 bits per heavy atom. The first kappa shape index (κ1) is 9.48. The maximum absolute atomic E-state index is 10.4. The van der Waals surface area contributed by atoms with Crippen molar-refractivity contribution in [3.05, 3.63) is 0 Å². The highest BCUT2D eigenvalue weighted by Gasteiger charge is 2.41. The Morgan fingerprint density at radius 1 is 1.42 bits per heavy atom. The average molecular weight is 174 g/mol. The van der Waals surface area contributed by atoms with E-state index in [2.05, 4.69) is 0 Å². The Bertz CT molecular complexity index is 179. The van der Waals surface area contributed by atoms with Crippen molar-refractivity contribution < 1.29 is 19.4 Å². The van der Waals surface area contributed by atoms with Crippen molar-refractivity contribution in [1.82, 2.24) is 0 Å². The van der Waals surface area contributed by atoms with Gasteiger partial charge in [-0.05, 0) is 20.8 Å². The predicted molar refractivity (Wildman–Crippen MR) is 41.8 cm³/mol. The van der Waals surface area contributed by atoms with Crippen LogP contribution in [0.15, 0.2) is 0 Å². The molecule has 0 saturated carbocycles. The molecule has 0 aromatic rings. The molecule has 1 saturated heterocycles. The van der Waals surface area contributed by atoms with Crippen molar-refractivity contribution >= 4 is 5.97 Å². The van der Waals surface area contributed by atoms with Gasteiger partial charge in [-0.3, -0.25) is 4.79 Å². The van der Waals surface area contributed by atoms with Gasteiger partial charge in [0.15, 0.2) is 5.79 Å². The van der Waals surface area contributed by atoms with E-state index in [-0.39, 0.29) is 18.6 Å². The first-order valence-electron chi connectivity index (χ1n) is 4.00. The van der Waals surface area contributed by atoms with Crippen LogP contribution in [0.1, 0.15) is 27.2 Å². The molecule has 4 heteroatoms. The minimum absolute atomic E-state index is 0.0330. The summed E-state index contributed by atoms with van der Waals surface area (Å²) in [6.45, 7) is 5.40. The van der Waals surface area contributed by atoms with Gasteiger partial charge in [0.25, 0.3) is 0 Å². The second-order valence-electron chi connectivity index (χ2n) is 3.35. The van der Waals surface area contributed by atoms with Crippen molar-refractivity contribution in [3.63, 3.8) is 0 Å². The molecule has 2 atom stereocenters. The van der Waals surface area contributed by atoms with E-state index in [4.69, 9.17) is 14.6 Å². The van der Waals surface area contributed by atoms with E-state index in [0.29, 0.717) is 0 Å². The van der Waals surface area contributed by atoms with E-state index in [1.54, 1.807) is 6.92 Å². The minimum Gasteiger partial charge on any atom is -0.481 e. The Morgan fingerprint density at radius 2 is 1.83 bits per heavy atom. The van der Waals surface area contributed by atoms with Crippen LogP contribution in [-0.2, 0) is 14.3 Å². The van der Waals surface area contributed by atoms with Gasteiger partial charge < -0.3 is 14.6 Å². The summed E-state index contributed by atoms with van der Waals surface area (Å²) >= 11 is 0. The SMILES string of the molecule is C[C@H]1OC(C)(CC(=O)O)O[C@@H]1C. The lowest BCUT2D eigenvalue weighted by molar-refractivity contribution is -0.179. The summed E-state index contributed by atoms with van der Waals surface area (Å²) < 4.78 is 10.7. The Balaban J connectivity index is 2.57. The lowest BCUT2D eigenvalue weighted by Gasteiger charge is -2.20. The first-order chi connectivity index (χ1) is 5.43. The van der Waals surface area contributed by atoms with Gasteiger partial charge in [-0.1, -0.05) is 0 Å². The van der Waals surface area contributed by atoms with E-state index in [0.717, 1.165) is 0 Å². The fraction of sp³-hybridized carbons (Fsp3) is 0.875. The highest BCUT2D eigenvalue weighted by molar-refractivity contribution is 5.67. The second kappa shape index (κ2) is 3.03. The molecule has 1 aliphatic heterocycles. The lowest BCUT2D eigenvalue weighted by atomic mass is 10.2. The number of carboxylic acids is 1. The molecule has 70 valence electrons. The largest absolute Gasteiger partial charge is 0.481 e. The zero-order valence-electron chi connectivity index (χ0n) is 7.53. The summed E-state index contributed by atoms with van der Waals surface area (Å²) in [5, 5.41) is 8.55. The van der Waals surface area contributed by atoms with Gasteiger partial charge in [0.2, 0.25) is 0 Å². The van der Waals surface area contributed by atoms with Crippen molar-refractivity contribution in [2.45, 2.75) is 45.2 Å². The average Bonchev–Trinajstić information content (AvgIpc) is 2.04. The molecule has 0 bridgehead atoms. The molecule has 0 aromatic heterocycles. The minimum atomic E-state index is -0.940. The molecular weight excluding hydrogens is 160 g/mol. The number of ether oxygens (including phenoxy) is 2. The summed E-state index contributed by atoms with van der Waals surface area (Å²) in [6, 6.07) is 0. The van der Waals surface area contributed by atoms with Crippen LogP contribution >= 0.6 is 0 Å². The summed E-state index contributed by atoms with van der Waals surface area (Å²) in [5.74, 6) is -1.84. The summed E-state index contributed by atoms with van der Waals surface area (Å²) in [5.41, 5.74) is 0. The van der Waals surface area contributed by atoms with Crippen LogP contribution in [0.5, 0.6) is 0 Å². The lowest BCUT2D eigenvalue weighted by Crippen LogP contribution is -2.29. The number of hydrogen-bond donors (Lipinski definition) is 1. The van der Waals surface area contributed by atoms with E-state index < -0.39 is 11.8 Å². The summed E-state index contributed by atoms with van der Waals surface area (Å²) in [7, 11) is 0. The number of hydrogen-bond acceptors (Lipinski definition) is 3. The molecule has 0 unspecified atom stereocenters. The van der Waals surface area contributed by atoms with Crippen LogP contribution in [0.25, 0.3) is 0 Å².